The largest absolute Gasteiger partial charge is 0.394 e. The van der Waals surface area contributed by atoms with Crippen LogP contribution in [0.2, 0.25) is 5.02 Å². The molecule has 0 spiro atoms. The Morgan fingerprint density at radius 3 is 3.00 bits per heavy atom. The second-order valence-corrected chi connectivity index (χ2v) is 6.22. The van der Waals surface area contributed by atoms with Crippen LogP contribution >= 0.6 is 11.6 Å². The molecule has 3 rings (SSSR count). The van der Waals surface area contributed by atoms with E-state index in [0.29, 0.717) is 18.8 Å². The number of aliphatic hydroxyl groups is 1. The van der Waals surface area contributed by atoms with E-state index in [9.17, 15) is 9.60 Å². The Balaban J connectivity index is 1.61. The average Bonchev–Trinajstić information content (AvgIpc) is 3.39. The summed E-state index contributed by atoms with van der Waals surface area (Å²) in [6.07, 6.45) is 1.71. The molecule has 0 saturated heterocycles. The van der Waals surface area contributed by atoms with Gasteiger partial charge in [0.05, 0.1) is 43.3 Å². The molecule has 2 heterocycles. The first-order valence-corrected chi connectivity index (χ1v) is 9.06. The van der Waals surface area contributed by atoms with Crippen molar-refractivity contribution in [2.75, 3.05) is 25.1 Å². The number of ether oxygens (including phenoxy) is 1. The zero-order chi connectivity index (χ0) is 21.3. The molecule has 4 N–H and O–H groups in total. The minimum absolute atomic E-state index is 0.0612. The Morgan fingerprint density at radius 2 is 2.23 bits per heavy atom. The zero-order valence-corrected chi connectivity index (χ0v) is 16.3. The van der Waals surface area contributed by atoms with Crippen LogP contribution in [0.25, 0.3) is 0 Å². The van der Waals surface area contributed by atoms with Gasteiger partial charge in [-0.2, -0.15) is 0 Å². The average molecular weight is 441 g/mol. The second-order valence-electron chi connectivity index (χ2n) is 5.81. The summed E-state index contributed by atoms with van der Waals surface area (Å²) in [6.45, 7) is 1.23. The van der Waals surface area contributed by atoms with Crippen LogP contribution in [0.15, 0.2) is 34.0 Å². The van der Waals surface area contributed by atoms with Crippen molar-refractivity contribution >= 4 is 28.9 Å². The molecule has 14 heteroatoms. The number of aromatic nitrogens is 5. The molecule has 0 radical (unpaired) electrons. The predicted molar refractivity (Wildman–Crippen MR) is 102 cm³/mol. The first kappa shape index (κ1) is 21.6. The number of aliphatic imine (C=N–C) groups is 1. The van der Waals surface area contributed by atoms with Crippen molar-refractivity contribution in [2.45, 2.75) is 13.2 Å². The van der Waals surface area contributed by atoms with Crippen LogP contribution in [-0.2, 0) is 17.9 Å². The quantitative estimate of drug-likeness (QED) is 0.156. The minimum Gasteiger partial charge on any atom is -0.394 e. The first-order chi connectivity index (χ1) is 14.6. The lowest BCUT2D eigenvalue weighted by molar-refractivity contribution is 0.0796. The topological polar surface area (TPSA) is 156 Å². The minimum atomic E-state index is -0.587. The lowest BCUT2D eigenvalue weighted by Gasteiger charge is -2.06. The molecular weight excluding hydrogens is 423 g/mol. The number of rotatable bonds is 10. The standard InChI is InChI=1S/C16H18ClFN8O4/c17-12-7-10(1-2-13(12)18)20-16(22-28)14-15(24-30-23-14)19-3-4-26-8-11(21-25-26)9-29-6-5-27/h1-2,7-8,27-28H,3-6,9H2,(H,19,24)(H,20,22). The first-order valence-electron chi connectivity index (χ1n) is 8.69. The van der Waals surface area contributed by atoms with E-state index in [1.54, 1.807) is 10.9 Å². The van der Waals surface area contributed by atoms with Crippen molar-refractivity contribution in [3.8, 4) is 0 Å². The number of amidine groups is 1. The van der Waals surface area contributed by atoms with Gasteiger partial charge in [-0.25, -0.2) is 14.0 Å². The van der Waals surface area contributed by atoms with Gasteiger partial charge in [-0.05, 0) is 28.5 Å². The van der Waals surface area contributed by atoms with Crippen LogP contribution < -0.4 is 10.8 Å². The monoisotopic (exact) mass is 440 g/mol. The summed E-state index contributed by atoms with van der Waals surface area (Å²) in [5, 5.41) is 36.4. The van der Waals surface area contributed by atoms with Crippen LogP contribution in [-0.4, -0.2) is 61.2 Å². The van der Waals surface area contributed by atoms with Gasteiger partial charge in [-0.3, -0.25) is 15.4 Å². The van der Waals surface area contributed by atoms with E-state index in [1.807, 2.05) is 5.48 Å². The summed E-state index contributed by atoms with van der Waals surface area (Å²) < 4.78 is 24.8. The highest BCUT2D eigenvalue weighted by molar-refractivity contribution is 6.31. The molecule has 0 fully saturated rings. The van der Waals surface area contributed by atoms with Crippen molar-refractivity contribution in [1.29, 1.82) is 0 Å². The number of nitrogens with one attached hydrogen (secondary N) is 2. The van der Waals surface area contributed by atoms with Gasteiger partial charge in [0.15, 0.2) is 11.5 Å². The van der Waals surface area contributed by atoms with Crippen LogP contribution in [0.3, 0.4) is 0 Å². The van der Waals surface area contributed by atoms with Crippen LogP contribution in [0.4, 0.5) is 15.9 Å². The molecule has 0 unspecified atom stereocenters. The normalized spacial score (nSPS) is 11.7. The van der Waals surface area contributed by atoms with Gasteiger partial charge >= 0.3 is 0 Å². The van der Waals surface area contributed by atoms with Gasteiger partial charge in [0.2, 0.25) is 5.82 Å². The molecule has 0 aliphatic heterocycles. The number of hydroxylamine groups is 1. The fourth-order valence-corrected chi connectivity index (χ4v) is 2.49. The molecule has 0 aliphatic carbocycles. The Morgan fingerprint density at radius 1 is 1.37 bits per heavy atom. The highest BCUT2D eigenvalue weighted by atomic mass is 35.5. The highest BCUT2D eigenvalue weighted by Crippen LogP contribution is 2.22. The maximum Gasteiger partial charge on any atom is 0.202 e. The van der Waals surface area contributed by atoms with Crippen LogP contribution in [0.5, 0.6) is 0 Å². The van der Waals surface area contributed by atoms with E-state index in [1.165, 1.54) is 12.1 Å². The fourth-order valence-electron chi connectivity index (χ4n) is 2.32. The number of anilines is 1. The third-order valence-corrected chi connectivity index (χ3v) is 3.96. The number of hydrogen-bond acceptors (Lipinski definition) is 10. The van der Waals surface area contributed by atoms with E-state index in [-0.39, 0.29) is 47.9 Å². The lowest BCUT2D eigenvalue weighted by atomic mass is 10.3. The zero-order valence-electron chi connectivity index (χ0n) is 15.5. The Bertz CT molecular complexity index is 995. The third-order valence-electron chi connectivity index (χ3n) is 3.67. The molecule has 1 aromatic carbocycles. The van der Waals surface area contributed by atoms with Gasteiger partial charge in [0, 0.05) is 6.54 Å². The SMILES string of the molecule is OCCOCc1cn(CCNc2nonc2C(=Nc2ccc(F)c(Cl)c2)NO)nn1. The predicted octanol–water partition coefficient (Wildman–Crippen LogP) is 1.13. The molecule has 0 amide bonds. The molecule has 2 aromatic heterocycles. The highest BCUT2D eigenvalue weighted by Gasteiger charge is 2.16. The molecule has 12 nitrogen and oxygen atoms in total. The van der Waals surface area contributed by atoms with Gasteiger partial charge < -0.3 is 15.2 Å². The van der Waals surface area contributed by atoms with Crippen molar-refractivity contribution < 1.29 is 24.1 Å². The van der Waals surface area contributed by atoms with E-state index in [0.717, 1.165) is 6.07 Å². The van der Waals surface area contributed by atoms with Crippen molar-refractivity contribution in [1.82, 2.24) is 30.8 Å². The summed E-state index contributed by atoms with van der Waals surface area (Å²) >= 11 is 5.74. The summed E-state index contributed by atoms with van der Waals surface area (Å²) in [6, 6.07) is 3.82. The summed E-state index contributed by atoms with van der Waals surface area (Å²) in [5.41, 5.74) is 2.93. The van der Waals surface area contributed by atoms with Crippen molar-refractivity contribution in [3.05, 3.63) is 46.6 Å². The molecule has 160 valence electrons. The van der Waals surface area contributed by atoms with Gasteiger partial charge in [-0.15, -0.1) is 5.10 Å². The van der Waals surface area contributed by atoms with E-state index in [4.69, 9.17) is 26.1 Å². The van der Waals surface area contributed by atoms with E-state index >= 15 is 0 Å². The van der Waals surface area contributed by atoms with E-state index < -0.39 is 5.82 Å². The summed E-state index contributed by atoms with van der Waals surface area (Å²) in [4.78, 5) is 4.13. The van der Waals surface area contributed by atoms with Crippen LogP contribution in [0.1, 0.15) is 11.4 Å². The van der Waals surface area contributed by atoms with Gasteiger partial charge in [0.1, 0.15) is 11.5 Å². The number of hydrogen-bond donors (Lipinski definition) is 4. The number of benzene rings is 1. The third kappa shape index (κ3) is 5.70. The summed E-state index contributed by atoms with van der Waals surface area (Å²) in [7, 11) is 0. The van der Waals surface area contributed by atoms with Crippen LogP contribution in [0, 0.1) is 5.82 Å². The Kier molecular flexibility index (Phi) is 7.62. The smallest absolute Gasteiger partial charge is 0.202 e. The fraction of sp³-hybridized carbons (Fsp3) is 0.312. The number of halogens is 2. The molecule has 0 aliphatic rings. The molecule has 0 atom stereocenters. The molecule has 0 bridgehead atoms. The van der Waals surface area contributed by atoms with E-state index in [2.05, 4.69) is 30.9 Å². The molecular formula is C16H18ClFN8O4. The van der Waals surface area contributed by atoms with Gasteiger partial charge in [-0.1, -0.05) is 16.8 Å². The Hall–Kier alpha value is -3.13. The van der Waals surface area contributed by atoms with Crippen molar-refractivity contribution in [3.63, 3.8) is 0 Å². The molecule has 0 saturated carbocycles. The molecule has 3 aromatic rings. The lowest BCUT2D eigenvalue weighted by Crippen LogP contribution is -2.22. The second kappa shape index (κ2) is 10.6. The maximum atomic E-state index is 13.3. The number of nitrogens with zero attached hydrogens (tertiary/aromatic N) is 6. The van der Waals surface area contributed by atoms with Crippen molar-refractivity contribution in [2.24, 2.45) is 4.99 Å². The maximum absolute atomic E-state index is 13.3. The summed E-state index contributed by atoms with van der Waals surface area (Å²) in [5.74, 6) is -0.448. The van der Waals surface area contributed by atoms with Gasteiger partial charge in [0.25, 0.3) is 0 Å². The number of aliphatic hydroxyl groups excluding tert-OH is 1. The molecule has 30 heavy (non-hydrogen) atoms. The Labute approximate surface area is 174 Å².